The molecule has 1 amide bonds. The number of carbonyl (C=O) groups is 1. The lowest BCUT2D eigenvalue weighted by molar-refractivity contribution is -0.121. The number of aryl methyl sites for hydroxylation is 1. The Morgan fingerprint density at radius 2 is 1.79 bits per heavy atom. The number of halogens is 1. The second-order valence-electron chi connectivity index (χ2n) is 7.14. The Morgan fingerprint density at radius 3 is 2.54 bits per heavy atom. The molecule has 1 fully saturated rings. The third kappa shape index (κ3) is 6.17. The van der Waals surface area contributed by atoms with Gasteiger partial charge in [-0.15, -0.1) is 0 Å². The first-order chi connectivity index (χ1) is 13.6. The van der Waals surface area contributed by atoms with Crippen molar-refractivity contribution in [2.75, 3.05) is 26.2 Å². The van der Waals surface area contributed by atoms with Crippen molar-refractivity contribution < 1.29 is 4.79 Å². The molecule has 1 aliphatic rings. The molecule has 1 aromatic heterocycles. The van der Waals surface area contributed by atoms with Gasteiger partial charge in [-0.25, -0.2) is 4.68 Å². The lowest BCUT2D eigenvalue weighted by Crippen LogP contribution is -2.34. The van der Waals surface area contributed by atoms with Crippen molar-refractivity contribution >= 4 is 17.5 Å². The molecule has 6 nitrogen and oxygen atoms in total. The van der Waals surface area contributed by atoms with Crippen molar-refractivity contribution in [1.82, 2.24) is 20.0 Å². The summed E-state index contributed by atoms with van der Waals surface area (Å²) in [4.78, 5) is 26.6. The van der Waals surface area contributed by atoms with Gasteiger partial charge >= 0.3 is 0 Å². The zero-order valence-electron chi connectivity index (χ0n) is 16.1. The van der Waals surface area contributed by atoms with Gasteiger partial charge in [0.1, 0.15) is 0 Å². The van der Waals surface area contributed by atoms with Gasteiger partial charge in [-0.1, -0.05) is 30.2 Å². The summed E-state index contributed by atoms with van der Waals surface area (Å²) in [5.74, 6) is -0.0516. The minimum absolute atomic E-state index is 0.0516. The Hall–Kier alpha value is -2.18. The summed E-state index contributed by atoms with van der Waals surface area (Å²) in [6, 6.07) is 10.4. The smallest absolute Gasteiger partial charge is 0.266 e. The van der Waals surface area contributed by atoms with Gasteiger partial charge in [-0.05, 0) is 57.1 Å². The van der Waals surface area contributed by atoms with E-state index in [4.69, 9.17) is 11.6 Å². The molecule has 0 radical (unpaired) electrons. The van der Waals surface area contributed by atoms with Crippen molar-refractivity contribution in [3.63, 3.8) is 0 Å². The molecule has 1 aliphatic heterocycles. The molecule has 7 heteroatoms. The topological polar surface area (TPSA) is 67.2 Å². The third-order valence-corrected chi connectivity index (χ3v) is 5.23. The molecule has 1 N–H and O–H groups in total. The molecule has 1 saturated heterocycles. The zero-order valence-corrected chi connectivity index (χ0v) is 16.8. The van der Waals surface area contributed by atoms with E-state index in [9.17, 15) is 9.59 Å². The van der Waals surface area contributed by atoms with E-state index in [0.29, 0.717) is 17.3 Å². The molecule has 2 aromatic rings. The molecule has 0 saturated carbocycles. The number of hydrogen-bond acceptors (Lipinski definition) is 4. The lowest BCUT2D eigenvalue weighted by Gasteiger charge is -2.26. The maximum absolute atomic E-state index is 12.1. The van der Waals surface area contributed by atoms with Crippen LogP contribution in [0.3, 0.4) is 0 Å². The average molecular weight is 403 g/mol. The molecule has 1 aromatic carbocycles. The number of nitrogens with one attached hydrogen (secondary N) is 1. The number of nitrogens with zero attached hydrogens (tertiary/aromatic N) is 3. The Bertz CT molecular complexity index is 829. The van der Waals surface area contributed by atoms with Crippen LogP contribution in [0.15, 0.2) is 41.2 Å². The summed E-state index contributed by atoms with van der Waals surface area (Å²) in [5, 5.41) is 7.96. The van der Waals surface area contributed by atoms with Gasteiger partial charge in [0, 0.05) is 29.6 Å². The van der Waals surface area contributed by atoms with Crippen LogP contribution in [0.25, 0.3) is 11.3 Å². The van der Waals surface area contributed by atoms with Gasteiger partial charge in [-0.2, -0.15) is 5.10 Å². The highest BCUT2D eigenvalue weighted by Crippen LogP contribution is 2.18. The Labute approximate surface area is 170 Å². The second-order valence-corrected chi connectivity index (χ2v) is 7.58. The van der Waals surface area contributed by atoms with Crippen molar-refractivity contribution in [1.29, 1.82) is 0 Å². The molecular weight excluding hydrogens is 376 g/mol. The van der Waals surface area contributed by atoms with Crippen molar-refractivity contribution in [2.24, 2.45) is 0 Å². The summed E-state index contributed by atoms with van der Waals surface area (Å²) in [5.41, 5.74) is 1.34. The summed E-state index contributed by atoms with van der Waals surface area (Å²) in [6.45, 7) is 4.31. The number of rotatable bonds is 8. The highest BCUT2D eigenvalue weighted by molar-refractivity contribution is 6.30. The number of hydrogen-bond donors (Lipinski definition) is 1. The molecular formula is C21H27ClN4O2. The SMILES string of the molecule is O=C(CCn1nc(-c2ccc(Cl)cc2)ccc1=O)NCCCN1CCCCC1. The van der Waals surface area contributed by atoms with Gasteiger partial charge in [0.15, 0.2) is 0 Å². The quantitative estimate of drug-likeness (QED) is 0.689. The van der Waals surface area contributed by atoms with Crippen molar-refractivity contribution in [3.8, 4) is 11.3 Å². The number of likely N-dealkylation sites (tertiary alicyclic amines) is 1. The molecule has 2 heterocycles. The van der Waals surface area contributed by atoms with Crippen LogP contribution in [0.4, 0.5) is 0 Å². The number of amides is 1. The van der Waals surface area contributed by atoms with Crippen LogP contribution in [-0.2, 0) is 11.3 Å². The molecule has 0 atom stereocenters. The van der Waals surface area contributed by atoms with Gasteiger partial charge in [0.25, 0.3) is 5.56 Å². The predicted octanol–water partition coefficient (Wildman–Crippen LogP) is 2.95. The number of benzene rings is 1. The van der Waals surface area contributed by atoms with Gasteiger partial charge < -0.3 is 10.2 Å². The highest BCUT2D eigenvalue weighted by Gasteiger charge is 2.10. The summed E-state index contributed by atoms with van der Waals surface area (Å²) >= 11 is 5.91. The molecule has 150 valence electrons. The van der Waals surface area contributed by atoms with Crippen LogP contribution in [-0.4, -0.2) is 46.8 Å². The molecule has 3 rings (SSSR count). The first kappa shape index (κ1) is 20.6. The van der Waals surface area contributed by atoms with Crippen molar-refractivity contribution in [3.05, 3.63) is 51.8 Å². The fourth-order valence-electron chi connectivity index (χ4n) is 3.39. The van der Waals surface area contributed by atoms with E-state index in [1.54, 1.807) is 18.2 Å². The minimum atomic E-state index is -0.212. The lowest BCUT2D eigenvalue weighted by atomic mass is 10.1. The van der Waals surface area contributed by atoms with Crippen LogP contribution in [0.5, 0.6) is 0 Å². The van der Waals surface area contributed by atoms with Gasteiger partial charge in [0.2, 0.25) is 5.91 Å². The first-order valence-corrected chi connectivity index (χ1v) is 10.3. The van der Waals surface area contributed by atoms with Gasteiger partial charge in [-0.3, -0.25) is 9.59 Å². The van der Waals surface area contributed by atoms with E-state index in [1.165, 1.54) is 43.1 Å². The van der Waals surface area contributed by atoms with E-state index in [0.717, 1.165) is 18.5 Å². The van der Waals surface area contributed by atoms with Crippen molar-refractivity contribution in [2.45, 2.75) is 38.6 Å². The molecule has 0 spiro atoms. The Kier molecular flexibility index (Phi) is 7.62. The van der Waals surface area contributed by atoms with E-state index in [2.05, 4.69) is 15.3 Å². The van der Waals surface area contributed by atoms with E-state index < -0.39 is 0 Å². The zero-order chi connectivity index (χ0) is 19.8. The van der Waals surface area contributed by atoms with E-state index >= 15 is 0 Å². The maximum atomic E-state index is 12.1. The summed E-state index contributed by atoms with van der Waals surface area (Å²) in [7, 11) is 0. The van der Waals surface area contributed by atoms with Crippen LogP contribution in [0.1, 0.15) is 32.1 Å². The fraction of sp³-hybridized carbons (Fsp3) is 0.476. The standard InChI is InChI=1S/C21H27ClN4O2/c22-18-7-5-17(6-8-18)19-9-10-21(28)26(24-19)16-11-20(27)23-12-4-15-25-13-2-1-3-14-25/h5-10H,1-4,11-16H2,(H,23,27). The Balaban J connectivity index is 1.45. The molecule has 0 bridgehead atoms. The van der Waals surface area contributed by atoms with Crippen LogP contribution in [0.2, 0.25) is 5.02 Å². The van der Waals surface area contributed by atoms with Crippen LogP contribution < -0.4 is 10.9 Å². The molecule has 0 unspecified atom stereocenters. The van der Waals surface area contributed by atoms with Crippen LogP contribution in [0, 0.1) is 0 Å². The third-order valence-electron chi connectivity index (χ3n) is 4.98. The monoisotopic (exact) mass is 402 g/mol. The predicted molar refractivity (Wildman–Crippen MR) is 111 cm³/mol. The highest BCUT2D eigenvalue weighted by atomic mass is 35.5. The van der Waals surface area contributed by atoms with Gasteiger partial charge in [0.05, 0.1) is 12.2 Å². The molecule has 28 heavy (non-hydrogen) atoms. The summed E-state index contributed by atoms with van der Waals surface area (Å²) in [6.07, 6.45) is 5.09. The second kappa shape index (κ2) is 10.4. The van der Waals surface area contributed by atoms with E-state index in [-0.39, 0.29) is 24.4 Å². The normalized spacial score (nSPS) is 14.8. The first-order valence-electron chi connectivity index (χ1n) is 9.95. The molecule has 0 aliphatic carbocycles. The number of piperidine rings is 1. The van der Waals surface area contributed by atoms with E-state index in [1.807, 2.05) is 12.1 Å². The fourth-order valence-corrected chi connectivity index (χ4v) is 3.52. The maximum Gasteiger partial charge on any atom is 0.266 e. The van der Waals surface area contributed by atoms with Crippen LogP contribution >= 0.6 is 11.6 Å². The number of aromatic nitrogens is 2. The largest absolute Gasteiger partial charge is 0.356 e. The minimum Gasteiger partial charge on any atom is -0.356 e. The average Bonchev–Trinajstić information content (AvgIpc) is 2.72. The summed E-state index contributed by atoms with van der Waals surface area (Å²) < 4.78 is 1.34. The Morgan fingerprint density at radius 1 is 1.04 bits per heavy atom. The number of carbonyl (C=O) groups excluding carboxylic acids is 1.